The highest BCUT2D eigenvalue weighted by atomic mass is 16.3. The van der Waals surface area contributed by atoms with Crippen molar-refractivity contribution in [2.45, 2.75) is 0 Å². The van der Waals surface area contributed by atoms with E-state index >= 15 is 0 Å². The van der Waals surface area contributed by atoms with Gasteiger partial charge < -0.3 is 8.98 Å². The Morgan fingerprint density at radius 2 is 1.22 bits per heavy atom. The van der Waals surface area contributed by atoms with Gasteiger partial charge in [0.2, 0.25) is 0 Å². The number of benzene rings is 5. The molecule has 0 atom stereocenters. The third kappa shape index (κ3) is 2.41. The van der Waals surface area contributed by atoms with E-state index in [4.69, 9.17) is 4.42 Å². The van der Waals surface area contributed by atoms with E-state index in [-0.39, 0.29) is 0 Å². The van der Waals surface area contributed by atoms with Crippen molar-refractivity contribution in [3.63, 3.8) is 0 Å². The van der Waals surface area contributed by atoms with E-state index in [1.807, 2.05) is 6.07 Å². The van der Waals surface area contributed by atoms with Crippen LogP contribution >= 0.6 is 0 Å². The summed E-state index contributed by atoms with van der Waals surface area (Å²) in [5.74, 6) is 0. The van der Waals surface area contributed by atoms with E-state index < -0.39 is 0 Å². The summed E-state index contributed by atoms with van der Waals surface area (Å²) < 4.78 is 8.79. The zero-order chi connectivity index (χ0) is 21.1. The third-order valence-corrected chi connectivity index (χ3v) is 6.40. The van der Waals surface area contributed by atoms with Gasteiger partial charge in [-0.1, -0.05) is 84.9 Å². The Kier molecular flexibility index (Phi) is 3.58. The molecule has 2 aromatic heterocycles. The second kappa shape index (κ2) is 6.60. The van der Waals surface area contributed by atoms with Gasteiger partial charge in [-0.3, -0.25) is 0 Å². The highest BCUT2D eigenvalue weighted by molar-refractivity contribution is 6.24. The molecule has 0 unspecified atom stereocenters. The fraction of sp³-hybridized carbons (Fsp3) is 0. The molecule has 2 heterocycles. The molecule has 150 valence electrons. The van der Waals surface area contributed by atoms with E-state index in [0.29, 0.717) is 0 Å². The number of aromatic nitrogens is 1. The largest absolute Gasteiger partial charge is 0.454 e. The standard InChI is InChI=1S/C30H19NO/c1-2-8-20(9-3-1)21-14-17-23(18-15-21)31-26-19-16-22-10-4-5-11-24(22)28(26)30-29(31)25-12-6-7-13-27(25)32-30/h1-19H. The Labute approximate surface area is 184 Å². The molecule has 0 amide bonds. The summed E-state index contributed by atoms with van der Waals surface area (Å²) in [6.45, 7) is 0. The lowest BCUT2D eigenvalue weighted by molar-refractivity contribution is 0.673. The molecule has 32 heavy (non-hydrogen) atoms. The van der Waals surface area contributed by atoms with Gasteiger partial charge in [-0.2, -0.15) is 0 Å². The number of furan rings is 1. The lowest BCUT2D eigenvalue weighted by Crippen LogP contribution is -1.93. The normalized spacial score (nSPS) is 11.8. The van der Waals surface area contributed by atoms with Crippen LogP contribution in [-0.2, 0) is 0 Å². The molecule has 2 heteroatoms. The molecule has 0 radical (unpaired) electrons. The molecule has 0 saturated carbocycles. The van der Waals surface area contributed by atoms with Crippen molar-refractivity contribution in [1.29, 1.82) is 0 Å². The number of nitrogens with zero attached hydrogens (tertiary/aromatic N) is 1. The van der Waals surface area contributed by atoms with Crippen LogP contribution in [0, 0.1) is 0 Å². The predicted octanol–water partition coefficient (Wildman–Crippen LogP) is 8.35. The highest BCUT2D eigenvalue weighted by Crippen LogP contribution is 2.41. The second-order valence-corrected chi connectivity index (χ2v) is 8.21. The molecular formula is C30H19NO. The summed E-state index contributed by atoms with van der Waals surface area (Å²) in [5, 5.41) is 4.74. The topological polar surface area (TPSA) is 18.1 Å². The summed E-state index contributed by atoms with van der Waals surface area (Å²) in [5.41, 5.74) is 7.72. The minimum atomic E-state index is 0.919. The lowest BCUT2D eigenvalue weighted by atomic mass is 10.1. The number of fused-ring (bicyclic) bond motifs is 7. The Bertz CT molecular complexity index is 1750. The van der Waals surface area contributed by atoms with Crippen LogP contribution in [0.25, 0.3) is 60.6 Å². The fourth-order valence-electron chi connectivity index (χ4n) is 4.93. The van der Waals surface area contributed by atoms with E-state index in [2.05, 4.69) is 114 Å². The first kappa shape index (κ1) is 17.4. The Hall–Kier alpha value is -4.30. The average molecular weight is 409 g/mol. The Balaban J connectivity index is 1.58. The lowest BCUT2D eigenvalue weighted by Gasteiger charge is -2.10. The maximum Gasteiger partial charge on any atom is 0.162 e. The zero-order valence-corrected chi connectivity index (χ0v) is 17.3. The SMILES string of the molecule is c1ccc(-c2ccc(-n3c4ccc5ccccc5c4c4oc5ccccc5c43)cc2)cc1. The molecule has 0 saturated heterocycles. The number of rotatable bonds is 2. The van der Waals surface area contributed by atoms with Crippen molar-refractivity contribution in [3.05, 3.63) is 115 Å². The number of para-hydroxylation sites is 1. The van der Waals surface area contributed by atoms with E-state index in [1.165, 1.54) is 27.3 Å². The molecule has 7 rings (SSSR count). The van der Waals surface area contributed by atoms with Crippen molar-refractivity contribution in [2.24, 2.45) is 0 Å². The van der Waals surface area contributed by atoms with Gasteiger partial charge in [0.15, 0.2) is 5.58 Å². The van der Waals surface area contributed by atoms with Crippen molar-refractivity contribution >= 4 is 43.7 Å². The van der Waals surface area contributed by atoms with E-state index in [1.54, 1.807) is 0 Å². The maximum atomic E-state index is 6.45. The summed E-state index contributed by atoms with van der Waals surface area (Å²) in [6, 6.07) is 40.6. The smallest absolute Gasteiger partial charge is 0.162 e. The zero-order valence-electron chi connectivity index (χ0n) is 17.3. The summed E-state index contributed by atoms with van der Waals surface area (Å²) >= 11 is 0. The van der Waals surface area contributed by atoms with Crippen molar-refractivity contribution in [1.82, 2.24) is 4.57 Å². The van der Waals surface area contributed by atoms with Gasteiger partial charge >= 0.3 is 0 Å². The summed E-state index contributed by atoms with van der Waals surface area (Å²) in [7, 11) is 0. The molecule has 0 bridgehead atoms. The van der Waals surface area contributed by atoms with Crippen LogP contribution in [0.5, 0.6) is 0 Å². The molecular weight excluding hydrogens is 390 g/mol. The van der Waals surface area contributed by atoms with Crippen LogP contribution in [-0.4, -0.2) is 4.57 Å². The van der Waals surface area contributed by atoms with Gasteiger partial charge in [0.25, 0.3) is 0 Å². The van der Waals surface area contributed by atoms with Gasteiger partial charge in [-0.05, 0) is 52.2 Å². The second-order valence-electron chi connectivity index (χ2n) is 8.21. The quantitative estimate of drug-likeness (QED) is 0.280. The third-order valence-electron chi connectivity index (χ3n) is 6.40. The van der Waals surface area contributed by atoms with Crippen LogP contribution in [0.3, 0.4) is 0 Å². The monoisotopic (exact) mass is 409 g/mol. The number of hydrogen-bond donors (Lipinski definition) is 0. The first-order chi connectivity index (χ1) is 15.9. The Morgan fingerprint density at radius 3 is 2.06 bits per heavy atom. The summed E-state index contributed by atoms with van der Waals surface area (Å²) in [6.07, 6.45) is 0. The van der Waals surface area contributed by atoms with Gasteiger partial charge in [0.05, 0.1) is 10.9 Å². The molecule has 0 spiro atoms. The minimum absolute atomic E-state index is 0.919. The van der Waals surface area contributed by atoms with Crippen molar-refractivity contribution in [2.75, 3.05) is 0 Å². The van der Waals surface area contributed by atoms with Gasteiger partial charge in [-0.25, -0.2) is 0 Å². The maximum absolute atomic E-state index is 6.45. The van der Waals surface area contributed by atoms with E-state index in [9.17, 15) is 0 Å². The first-order valence-corrected chi connectivity index (χ1v) is 10.9. The molecule has 0 aliphatic heterocycles. The van der Waals surface area contributed by atoms with E-state index in [0.717, 1.165) is 33.3 Å². The van der Waals surface area contributed by atoms with Gasteiger partial charge in [0.1, 0.15) is 11.1 Å². The molecule has 0 aliphatic rings. The van der Waals surface area contributed by atoms with Crippen LogP contribution < -0.4 is 0 Å². The predicted molar refractivity (Wildman–Crippen MR) is 133 cm³/mol. The van der Waals surface area contributed by atoms with Crippen LogP contribution in [0.4, 0.5) is 0 Å². The molecule has 5 aromatic carbocycles. The average Bonchev–Trinajstić information content (AvgIpc) is 3.39. The number of hydrogen-bond acceptors (Lipinski definition) is 1. The van der Waals surface area contributed by atoms with Crippen molar-refractivity contribution < 1.29 is 4.42 Å². The first-order valence-electron chi connectivity index (χ1n) is 10.9. The van der Waals surface area contributed by atoms with Crippen LogP contribution in [0.2, 0.25) is 0 Å². The summed E-state index contributed by atoms with van der Waals surface area (Å²) in [4.78, 5) is 0. The van der Waals surface area contributed by atoms with Gasteiger partial charge in [-0.15, -0.1) is 0 Å². The molecule has 0 N–H and O–H groups in total. The van der Waals surface area contributed by atoms with Gasteiger partial charge in [0, 0.05) is 11.1 Å². The minimum Gasteiger partial charge on any atom is -0.454 e. The highest BCUT2D eigenvalue weighted by Gasteiger charge is 2.20. The van der Waals surface area contributed by atoms with Crippen molar-refractivity contribution in [3.8, 4) is 16.8 Å². The molecule has 0 aliphatic carbocycles. The fourth-order valence-corrected chi connectivity index (χ4v) is 4.93. The molecule has 2 nitrogen and oxygen atoms in total. The van der Waals surface area contributed by atoms with Crippen LogP contribution in [0.15, 0.2) is 120 Å². The molecule has 7 aromatic rings. The van der Waals surface area contributed by atoms with Crippen LogP contribution in [0.1, 0.15) is 0 Å². The Morgan fingerprint density at radius 1 is 0.531 bits per heavy atom. The molecule has 0 fully saturated rings.